The predicted molar refractivity (Wildman–Crippen MR) is 95.7 cm³/mol. The van der Waals surface area contributed by atoms with Gasteiger partial charge in [0.05, 0.1) is 11.4 Å². The minimum absolute atomic E-state index is 0.00459. The van der Waals surface area contributed by atoms with Crippen LogP contribution in [0.5, 0.6) is 0 Å². The maximum Gasteiger partial charge on any atom is 0.241 e. The highest BCUT2D eigenvalue weighted by Crippen LogP contribution is 2.14. The van der Waals surface area contributed by atoms with Crippen molar-refractivity contribution in [2.75, 3.05) is 17.2 Å². The summed E-state index contributed by atoms with van der Waals surface area (Å²) in [5.74, 6) is -0.717. The van der Waals surface area contributed by atoms with Crippen molar-refractivity contribution in [3.8, 4) is 0 Å². The van der Waals surface area contributed by atoms with Crippen molar-refractivity contribution in [2.24, 2.45) is 0 Å². The van der Waals surface area contributed by atoms with E-state index in [0.717, 1.165) is 5.56 Å². The van der Waals surface area contributed by atoms with Gasteiger partial charge in [0.2, 0.25) is 21.8 Å². The van der Waals surface area contributed by atoms with Gasteiger partial charge < -0.3 is 10.6 Å². The zero-order valence-electron chi connectivity index (χ0n) is 13.9. The second-order valence-corrected chi connectivity index (χ2v) is 7.21. The number of anilines is 2. The van der Waals surface area contributed by atoms with E-state index in [4.69, 9.17) is 0 Å². The molecule has 2 rings (SSSR count). The number of sulfonamides is 1. The number of carbonyl (C=O) groups excluding carboxylic acids is 2. The summed E-state index contributed by atoms with van der Waals surface area (Å²) >= 11 is 0. The second kappa shape index (κ2) is 7.91. The maximum absolute atomic E-state index is 12.2. The molecule has 3 N–H and O–H groups in total. The Hall–Kier alpha value is -2.71. The molecule has 2 aromatic rings. The van der Waals surface area contributed by atoms with E-state index in [1.54, 1.807) is 18.2 Å². The molecule has 0 aliphatic carbocycles. The van der Waals surface area contributed by atoms with Crippen LogP contribution < -0.4 is 15.4 Å². The summed E-state index contributed by atoms with van der Waals surface area (Å²) in [5, 5.41) is 5.17. The van der Waals surface area contributed by atoms with Crippen LogP contribution in [-0.4, -0.2) is 26.8 Å². The summed E-state index contributed by atoms with van der Waals surface area (Å²) in [6, 6.07) is 12.9. The van der Waals surface area contributed by atoms with Gasteiger partial charge in [0.15, 0.2) is 0 Å². The van der Waals surface area contributed by atoms with Gasteiger partial charge in [-0.3, -0.25) is 9.59 Å². The van der Waals surface area contributed by atoms with E-state index >= 15 is 0 Å². The summed E-state index contributed by atoms with van der Waals surface area (Å²) < 4.78 is 26.6. The number of amides is 2. The molecule has 2 aromatic carbocycles. The number of carbonyl (C=O) groups is 2. The van der Waals surface area contributed by atoms with Crippen LogP contribution in [0, 0.1) is 6.92 Å². The van der Waals surface area contributed by atoms with E-state index in [0.29, 0.717) is 11.4 Å². The molecule has 8 heteroatoms. The summed E-state index contributed by atoms with van der Waals surface area (Å²) in [5.41, 5.74) is 2.07. The first-order valence-electron chi connectivity index (χ1n) is 7.50. The molecule has 0 fully saturated rings. The predicted octanol–water partition coefficient (Wildman–Crippen LogP) is 1.87. The van der Waals surface area contributed by atoms with E-state index < -0.39 is 15.9 Å². The van der Waals surface area contributed by atoms with E-state index in [1.807, 2.05) is 13.0 Å². The fraction of sp³-hybridized carbons (Fsp3) is 0.176. The third-order valence-corrected chi connectivity index (χ3v) is 4.63. The topological polar surface area (TPSA) is 104 Å². The minimum atomic E-state index is -3.82. The average molecular weight is 361 g/mol. The van der Waals surface area contributed by atoms with Gasteiger partial charge in [-0.1, -0.05) is 12.1 Å². The Morgan fingerprint density at radius 3 is 2.24 bits per heavy atom. The van der Waals surface area contributed by atoms with Crippen molar-refractivity contribution in [1.82, 2.24) is 4.72 Å². The zero-order valence-corrected chi connectivity index (χ0v) is 14.7. The molecule has 0 atom stereocenters. The van der Waals surface area contributed by atoms with Gasteiger partial charge in [-0.05, 0) is 48.9 Å². The SMILES string of the molecule is CC(=O)Nc1ccc(S(=O)(=O)NCC(=O)Nc2cccc(C)c2)cc1. The van der Waals surface area contributed by atoms with Gasteiger partial charge in [0, 0.05) is 18.3 Å². The Bertz CT molecular complexity index is 877. The van der Waals surface area contributed by atoms with Crippen LogP contribution in [0.1, 0.15) is 12.5 Å². The largest absolute Gasteiger partial charge is 0.326 e. The molecule has 0 saturated heterocycles. The summed E-state index contributed by atoms with van der Waals surface area (Å²) in [4.78, 5) is 22.9. The molecular weight excluding hydrogens is 342 g/mol. The highest BCUT2D eigenvalue weighted by molar-refractivity contribution is 7.89. The fourth-order valence-electron chi connectivity index (χ4n) is 2.09. The smallest absolute Gasteiger partial charge is 0.241 e. The third kappa shape index (κ3) is 5.70. The lowest BCUT2D eigenvalue weighted by atomic mass is 10.2. The molecule has 0 aliphatic heterocycles. The number of hydrogen-bond donors (Lipinski definition) is 3. The van der Waals surface area contributed by atoms with Crippen LogP contribution in [0.25, 0.3) is 0 Å². The lowest BCUT2D eigenvalue weighted by Crippen LogP contribution is -2.32. The van der Waals surface area contributed by atoms with E-state index in [9.17, 15) is 18.0 Å². The van der Waals surface area contributed by atoms with Gasteiger partial charge in [-0.15, -0.1) is 0 Å². The highest BCUT2D eigenvalue weighted by atomic mass is 32.2. The first kappa shape index (κ1) is 18.6. The number of aryl methyl sites for hydroxylation is 1. The first-order valence-corrected chi connectivity index (χ1v) is 8.98. The summed E-state index contributed by atoms with van der Waals surface area (Å²) in [6.45, 7) is 2.87. The van der Waals surface area contributed by atoms with Gasteiger partial charge in [-0.25, -0.2) is 13.1 Å². The van der Waals surface area contributed by atoms with E-state index in [-0.39, 0.29) is 17.3 Å². The molecule has 0 radical (unpaired) electrons. The van der Waals surface area contributed by atoms with Crippen LogP contribution in [0.2, 0.25) is 0 Å². The number of nitrogens with one attached hydrogen (secondary N) is 3. The number of rotatable bonds is 6. The normalized spacial score (nSPS) is 11.0. The van der Waals surface area contributed by atoms with Crippen LogP contribution in [-0.2, 0) is 19.6 Å². The molecule has 2 amide bonds. The molecule has 0 spiro atoms. The van der Waals surface area contributed by atoms with Gasteiger partial charge in [-0.2, -0.15) is 0 Å². The molecule has 25 heavy (non-hydrogen) atoms. The van der Waals surface area contributed by atoms with Gasteiger partial charge in [0.25, 0.3) is 0 Å². The molecule has 0 saturated carbocycles. The van der Waals surface area contributed by atoms with Crippen LogP contribution in [0.3, 0.4) is 0 Å². The van der Waals surface area contributed by atoms with Crippen LogP contribution in [0.15, 0.2) is 53.4 Å². The van der Waals surface area contributed by atoms with Crippen molar-refractivity contribution in [3.63, 3.8) is 0 Å². The Morgan fingerprint density at radius 1 is 0.960 bits per heavy atom. The van der Waals surface area contributed by atoms with Crippen LogP contribution in [0.4, 0.5) is 11.4 Å². The summed E-state index contributed by atoms with van der Waals surface area (Å²) in [7, 11) is -3.82. The molecule has 0 aliphatic rings. The molecule has 0 heterocycles. The van der Waals surface area contributed by atoms with E-state index in [1.165, 1.54) is 31.2 Å². The fourth-order valence-corrected chi connectivity index (χ4v) is 3.07. The quantitative estimate of drug-likeness (QED) is 0.730. The Morgan fingerprint density at radius 2 is 1.64 bits per heavy atom. The second-order valence-electron chi connectivity index (χ2n) is 5.45. The minimum Gasteiger partial charge on any atom is -0.326 e. The van der Waals surface area contributed by atoms with Crippen LogP contribution >= 0.6 is 0 Å². The Kier molecular flexibility index (Phi) is 5.89. The molecule has 0 bridgehead atoms. The van der Waals surface area contributed by atoms with Crippen molar-refractivity contribution in [1.29, 1.82) is 0 Å². The van der Waals surface area contributed by atoms with Crippen molar-refractivity contribution >= 4 is 33.2 Å². The maximum atomic E-state index is 12.2. The molecule has 132 valence electrons. The van der Waals surface area contributed by atoms with Crippen molar-refractivity contribution < 1.29 is 18.0 Å². The molecule has 0 unspecified atom stereocenters. The van der Waals surface area contributed by atoms with Gasteiger partial charge in [0.1, 0.15) is 0 Å². The van der Waals surface area contributed by atoms with Gasteiger partial charge >= 0.3 is 0 Å². The monoisotopic (exact) mass is 361 g/mol. The summed E-state index contributed by atoms with van der Waals surface area (Å²) in [6.07, 6.45) is 0. The van der Waals surface area contributed by atoms with E-state index in [2.05, 4.69) is 15.4 Å². The first-order chi connectivity index (χ1) is 11.8. The Balaban J connectivity index is 1.96. The molecular formula is C17H19N3O4S. The lowest BCUT2D eigenvalue weighted by Gasteiger charge is -2.09. The Labute approximate surface area is 146 Å². The standard InChI is InChI=1S/C17H19N3O4S/c1-12-4-3-5-15(10-12)20-17(22)11-18-25(23,24)16-8-6-14(7-9-16)19-13(2)21/h3-10,18H,11H2,1-2H3,(H,19,21)(H,20,22). The lowest BCUT2D eigenvalue weighted by molar-refractivity contribution is -0.115. The molecule has 7 nitrogen and oxygen atoms in total. The molecule has 0 aromatic heterocycles. The highest BCUT2D eigenvalue weighted by Gasteiger charge is 2.15. The zero-order chi connectivity index (χ0) is 18.4. The third-order valence-electron chi connectivity index (χ3n) is 3.21. The van der Waals surface area contributed by atoms with Crippen molar-refractivity contribution in [3.05, 3.63) is 54.1 Å². The van der Waals surface area contributed by atoms with Crippen molar-refractivity contribution in [2.45, 2.75) is 18.7 Å². The average Bonchev–Trinajstić information content (AvgIpc) is 2.53. The number of benzene rings is 2. The number of hydrogen-bond acceptors (Lipinski definition) is 4.